The fraction of sp³-hybridized carbons (Fsp3) is 0.0909. The van der Waals surface area contributed by atoms with Crippen LogP contribution in [0.4, 0.5) is 0 Å². The van der Waals surface area contributed by atoms with Crippen molar-refractivity contribution in [2.75, 3.05) is 0 Å². The first-order valence-electron chi connectivity index (χ1n) is 4.09. The molecule has 3 nitrogen and oxygen atoms in total. The standard InChI is InChI=1S/C11H10O3/c1-3-10(12)14-11(13)9-7-5-4-6-8(9)2/h3-7H,1H2,2H3. The molecule has 0 aromatic heterocycles. The molecule has 14 heavy (non-hydrogen) atoms. The van der Waals surface area contributed by atoms with Crippen LogP contribution in [0.15, 0.2) is 36.9 Å². The van der Waals surface area contributed by atoms with Crippen LogP contribution in [0, 0.1) is 6.92 Å². The lowest BCUT2D eigenvalue weighted by atomic mass is 10.1. The predicted molar refractivity (Wildman–Crippen MR) is 51.8 cm³/mol. The van der Waals surface area contributed by atoms with Gasteiger partial charge in [-0.15, -0.1) is 0 Å². The molecule has 72 valence electrons. The van der Waals surface area contributed by atoms with Gasteiger partial charge in [0.1, 0.15) is 0 Å². The van der Waals surface area contributed by atoms with Gasteiger partial charge in [-0.1, -0.05) is 24.8 Å². The molecule has 0 spiro atoms. The molecule has 1 aromatic carbocycles. The molecule has 0 atom stereocenters. The van der Waals surface area contributed by atoms with Gasteiger partial charge >= 0.3 is 11.9 Å². The molecule has 0 aliphatic carbocycles. The molecule has 3 heteroatoms. The van der Waals surface area contributed by atoms with Gasteiger partial charge in [-0.3, -0.25) is 0 Å². The van der Waals surface area contributed by atoms with Crippen LogP contribution in [0.1, 0.15) is 15.9 Å². The van der Waals surface area contributed by atoms with Crippen molar-refractivity contribution in [3.63, 3.8) is 0 Å². The van der Waals surface area contributed by atoms with E-state index in [0.717, 1.165) is 11.6 Å². The molecule has 0 fully saturated rings. The first kappa shape index (κ1) is 10.2. The Kier molecular flexibility index (Phi) is 3.18. The molecule has 0 N–H and O–H groups in total. The van der Waals surface area contributed by atoms with Crippen LogP contribution in [0.25, 0.3) is 0 Å². The minimum atomic E-state index is -0.738. The zero-order chi connectivity index (χ0) is 10.6. The molecule has 0 amide bonds. The summed E-state index contributed by atoms with van der Waals surface area (Å²) in [6, 6.07) is 6.90. The molecule has 0 heterocycles. The Hall–Kier alpha value is -1.90. The van der Waals surface area contributed by atoms with Gasteiger partial charge in [0.25, 0.3) is 0 Å². The summed E-state index contributed by atoms with van der Waals surface area (Å²) in [6.45, 7) is 4.98. The summed E-state index contributed by atoms with van der Waals surface area (Å²) in [4.78, 5) is 22.1. The largest absolute Gasteiger partial charge is 0.386 e. The second-order valence-corrected chi connectivity index (χ2v) is 2.73. The Morgan fingerprint density at radius 1 is 1.36 bits per heavy atom. The van der Waals surface area contributed by atoms with E-state index in [1.54, 1.807) is 31.2 Å². The van der Waals surface area contributed by atoms with E-state index >= 15 is 0 Å². The third-order valence-corrected chi connectivity index (χ3v) is 1.72. The van der Waals surface area contributed by atoms with E-state index in [1.807, 2.05) is 0 Å². The van der Waals surface area contributed by atoms with Crippen LogP contribution in [0.3, 0.4) is 0 Å². The van der Waals surface area contributed by atoms with Crippen molar-refractivity contribution in [3.05, 3.63) is 48.0 Å². The average molecular weight is 190 g/mol. The fourth-order valence-electron chi connectivity index (χ4n) is 0.990. The van der Waals surface area contributed by atoms with E-state index in [9.17, 15) is 9.59 Å². The highest BCUT2D eigenvalue weighted by Crippen LogP contribution is 2.08. The van der Waals surface area contributed by atoms with E-state index in [2.05, 4.69) is 11.3 Å². The molecule has 0 aliphatic rings. The van der Waals surface area contributed by atoms with Crippen molar-refractivity contribution < 1.29 is 14.3 Å². The second-order valence-electron chi connectivity index (χ2n) is 2.73. The number of hydrogen-bond donors (Lipinski definition) is 0. The lowest BCUT2D eigenvalue weighted by molar-refractivity contribution is -0.132. The number of esters is 2. The number of benzene rings is 1. The Labute approximate surface area is 82.0 Å². The highest BCUT2D eigenvalue weighted by atomic mass is 16.6. The first-order chi connectivity index (χ1) is 6.65. The third-order valence-electron chi connectivity index (χ3n) is 1.72. The van der Waals surface area contributed by atoms with Crippen molar-refractivity contribution in [1.29, 1.82) is 0 Å². The highest BCUT2D eigenvalue weighted by Gasteiger charge is 2.11. The van der Waals surface area contributed by atoms with E-state index in [0.29, 0.717) is 5.56 Å². The lowest BCUT2D eigenvalue weighted by Crippen LogP contribution is -2.11. The van der Waals surface area contributed by atoms with Crippen molar-refractivity contribution in [2.24, 2.45) is 0 Å². The summed E-state index contributed by atoms with van der Waals surface area (Å²) < 4.78 is 4.47. The maximum Gasteiger partial charge on any atom is 0.346 e. The topological polar surface area (TPSA) is 43.4 Å². The van der Waals surface area contributed by atoms with Crippen LogP contribution in [0.2, 0.25) is 0 Å². The molecule has 1 rings (SSSR count). The Balaban J connectivity index is 2.85. The first-order valence-corrected chi connectivity index (χ1v) is 4.09. The second kappa shape index (κ2) is 4.37. The summed E-state index contributed by atoms with van der Waals surface area (Å²) >= 11 is 0. The maximum atomic E-state index is 11.3. The highest BCUT2D eigenvalue weighted by molar-refractivity contribution is 6.00. The van der Waals surface area contributed by atoms with Gasteiger partial charge in [0, 0.05) is 6.08 Å². The van der Waals surface area contributed by atoms with Crippen LogP contribution >= 0.6 is 0 Å². The van der Waals surface area contributed by atoms with Gasteiger partial charge in [0.15, 0.2) is 0 Å². The van der Waals surface area contributed by atoms with Gasteiger partial charge in [0.05, 0.1) is 5.56 Å². The van der Waals surface area contributed by atoms with Crippen molar-refractivity contribution >= 4 is 11.9 Å². The quantitative estimate of drug-likeness (QED) is 0.406. The van der Waals surface area contributed by atoms with Gasteiger partial charge in [-0.25, -0.2) is 9.59 Å². The normalized spacial score (nSPS) is 9.21. The van der Waals surface area contributed by atoms with Gasteiger partial charge in [0.2, 0.25) is 0 Å². The number of ether oxygens (including phenoxy) is 1. The summed E-state index contributed by atoms with van der Waals surface area (Å²) in [6.07, 6.45) is 0.955. The summed E-state index contributed by atoms with van der Waals surface area (Å²) in [5, 5.41) is 0. The SMILES string of the molecule is C=CC(=O)OC(=O)c1ccccc1C. The van der Waals surface area contributed by atoms with Crippen LogP contribution in [-0.4, -0.2) is 11.9 Å². The van der Waals surface area contributed by atoms with E-state index < -0.39 is 11.9 Å². The predicted octanol–water partition coefficient (Wildman–Crippen LogP) is 1.86. The lowest BCUT2D eigenvalue weighted by Gasteiger charge is -2.02. The zero-order valence-corrected chi connectivity index (χ0v) is 7.82. The van der Waals surface area contributed by atoms with Crippen molar-refractivity contribution in [1.82, 2.24) is 0 Å². The van der Waals surface area contributed by atoms with Gasteiger partial charge in [-0.05, 0) is 18.6 Å². The number of aryl methyl sites for hydroxylation is 1. The summed E-state index contributed by atoms with van der Waals surface area (Å²) in [7, 11) is 0. The van der Waals surface area contributed by atoms with Crippen LogP contribution in [0.5, 0.6) is 0 Å². The molecular weight excluding hydrogens is 180 g/mol. The third kappa shape index (κ3) is 2.29. The zero-order valence-electron chi connectivity index (χ0n) is 7.82. The molecular formula is C11H10O3. The minimum Gasteiger partial charge on any atom is -0.386 e. The molecule has 0 unspecified atom stereocenters. The van der Waals surface area contributed by atoms with Gasteiger partial charge in [-0.2, -0.15) is 0 Å². The van der Waals surface area contributed by atoms with Crippen LogP contribution in [-0.2, 0) is 9.53 Å². The average Bonchev–Trinajstić information content (AvgIpc) is 2.18. The number of rotatable bonds is 2. The number of carbonyl (C=O) groups is 2. The minimum absolute atomic E-state index is 0.391. The molecule has 0 saturated heterocycles. The van der Waals surface area contributed by atoms with Gasteiger partial charge < -0.3 is 4.74 Å². The molecule has 1 aromatic rings. The van der Waals surface area contributed by atoms with E-state index in [-0.39, 0.29) is 0 Å². The monoisotopic (exact) mass is 190 g/mol. The summed E-state index contributed by atoms with van der Waals surface area (Å²) in [5.74, 6) is -1.38. The smallest absolute Gasteiger partial charge is 0.346 e. The van der Waals surface area contributed by atoms with Crippen molar-refractivity contribution in [2.45, 2.75) is 6.92 Å². The molecule has 0 aliphatic heterocycles. The van der Waals surface area contributed by atoms with E-state index in [1.165, 1.54) is 0 Å². The van der Waals surface area contributed by atoms with Crippen LogP contribution < -0.4 is 0 Å². The fourth-order valence-corrected chi connectivity index (χ4v) is 0.990. The molecule has 0 bridgehead atoms. The summed E-state index contributed by atoms with van der Waals surface area (Å²) in [5.41, 5.74) is 1.16. The number of carbonyl (C=O) groups excluding carboxylic acids is 2. The Bertz CT molecular complexity index is 380. The molecule has 0 radical (unpaired) electrons. The number of hydrogen-bond acceptors (Lipinski definition) is 3. The Morgan fingerprint density at radius 3 is 2.57 bits per heavy atom. The maximum absolute atomic E-state index is 11.3. The Morgan fingerprint density at radius 2 is 2.00 bits per heavy atom. The molecule has 0 saturated carbocycles. The van der Waals surface area contributed by atoms with E-state index in [4.69, 9.17) is 0 Å². The van der Waals surface area contributed by atoms with Crippen molar-refractivity contribution in [3.8, 4) is 0 Å².